The minimum absolute atomic E-state index is 0. The van der Waals surface area contributed by atoms with Gasteiger partial charge in [0, 0.05) is 46.2 Å². The number of nitrogens with zero attached hydrogens (tertiary/aromatic N) is 1. The zero-order chi connectivity index (χ0) is 23.8. The van der Waals surface area contributed by atoms with E-state index >= 15 is 0 Å². The van der Waals surface area contributed by atoms with Crippen LogP contribution >= 0.6 is 24.0 Å². The van der Waals surface area contributed by atoms with Crippen molar-refractivity contribution in [2.75, 3.05) is 6.61 Å². The molecule has 0 aliphatic carbocycles. The molecule has 0 unspecified atom stereocenters. The Bertz CT molecular complexity index is 1180. The second-order valence-corrected chi connectivity index (χ2v) is 7.44. The molecule has 2 amide bonds. The van der Waals surface area contributed by atoms with Crippen molar-refractivity contribution < 1.29 is 19.1 Å². The molecule has 0 bridgehead atoms. The van der Waals surface area contributed by atoms with Gasteiger partial charge in [-0.3, -0.25) is 20.0 Å². The van der Waals surface area contributed by atoms with Crippen LogP contribution in [0.4, 0.5) is 0 Å². The quantitative estimate of drug-likeness (QED) is 0.200. The lowest BCUT2D eigenvalue weighted by Crippen LogP contribution is -2.24. The molecule has 186 valence electrons. The third-order valence-corrected chi connectivity index (χ3v) is 4.67. The third-order valence-electron chi connectivity index (χ3n) is 4.45. The standard InChI is InChI=1S/C23H22ClN5O4.ClH.H3N/c24-18-6-17(7-19(9-18)32-12-14-2-1-5-28-10-14)23(31)29-11-16-4-3-15(22(26)27)8-20(16)33-13-21(25)30;;/h1-10H,11-13H2,(H2,25,30)(H3,26,27)(H,29,31);1H;1H3. The van der Waals surface area contributed by atoms with E-state index in [1.165, 1.54) is 12.1 Å². The van der Waals surface area contributed by atoms with Gasteiger partial charge in [-0.25, -0.2) is 0 Å². The molecular formula is C23H26Cl2N6O4. The number of benzene rings is 2. The number of carbonyl (C=O) groups excluding carboxylic acids is 2. The number of nitrogen functional groups attached to an aromatic ring is 1. The Hall–Kier alpha value is -3.86. The van der Waals surface area contributed by atoms with E-state index in [1.54, 1.807) is 42.7 Å². The summed E-state index contributed by atoms with van der Waals surface area (Å²) < 4.78 is 11.2. The van der Waals surface area contributed by atoms with Gasteiger partial charge >= 0.3 is 0 Å². The molecule has 0 atom stereocenters. The fraction of sp³-hybridized carbons (Fsp3) is 0.130. The largest absolute Gasteiger partial charge is 0.489 e. The van der Waals surface area contributed by atoms with Crippen LogP contribution in [0.1, 0.15) is 27.0 Å². The van der Waals surface area contributed by atoms with E-state index in [0.717, 1.165) is 5.56 Å². The first-order valence-electron chi connectivity index (χ1n) is 9.80. The van der Waals surface area contributed by atoms with Crippen molar-refractivity contribution in [3.8, 4) is 11.5 Å². The third kappa shape index (κ3) is 8.78. The molecule has 3 rings (SSSR count). The predicted molar refractivity (Wildman–Crippen MR) is 136 cm³/mol. The summed E-state index contributed by atoms with van der Waals surface area (Å²) in [7, 11) is 0. The molecule has 0 fully saturated rings. The maximum Gasteiger partial charge on any atom is 0.255 e. The van der Waals surface area contributed by atoms with Crippen LogP contribution in [0.5, 0.6) is 11.5 Å². The summed E-state index contributed by atoms with van der Waals surface area (Å²) in [5, 5.41) is 10.7. The lowest BCUT2D eigenvalue weighted by atomic mass is 10.1. The van der Waals surface area contributed by atoms with Crippen molar-refractivity contribution >= 4 is 41.7 Å². The number of aromatic nitrogens is 1. The van der Waals surface area contributed by atoms with E-state index < -0.39 is 5.91 Å². The van der Waals surface area contributed by atoms with Crippen LogP contribution in [0, 0.1) is 5.41 Å². The van der Waals surface area contributed by atoms with Crippen molar-refractivity contribution in [1.29, 1.82) is 5.41 Å². The van der Waals surface area contributed by atoms with Gasteiger partial charge in [0.25, 0.3) is 11.8 Å². The number of nitrogens with two attached hydrogens (primary N) is 2. The second kappa shape index (κ2) is 13.8. The highest BCUT2D eigenvalue weighted by Crippen LogP contribution is 2.23. The molecule has 0 aliphatic heterocycles. The number of amides is 2. The number of amidine groups is 1. The van der Waals surface area contributed by atoms with Gasteiger partial charge < -0.3 is 32.4 Å². The summed E-state index contributed by atoms with van der Waals surface area (Å²) in [5.74, 6) is -0.482. The van der Waals surface area contributed by atoms with Crippen LogP contribution in [0.25, 0.3) is 0 Å². The molecule has 1 aromatic heterocycles. The van der Waals surface area contributed by atoms with E-state index in [2.05, 4.69) is 10.3 Å². The van der Waals surface area contributed by atoms with Gasteiger partial charge in [-0.05, 0) is 30.3 Å². The molecule has 0 spiro atoms. The van der Waals surface area contributed by atoms with Gasteiger partial charge in [0.05, 0.1) is 0 Å². The van der Waals surface area contributed by atoms with E-state index in [4.69, 9.17) is 38.0 Å². The Kier molecular flexibility index (Phi) is 11.5. The number of carbonyl (C=O) groups is 2. The van der Waals surface area contributed by atoms with Crippen molar-refractivity contribution in [3.63, 3.8) is 0 Å². The molecule has 2 aromatic carbocycles. The van der Waals surface area contributed by atoms with Crippen molar-refractivity contribution in [1.82, 2.24) is 16.5 Å². The summed E-state index contributed by atoms with van der Waals surface area (Å²) in [6.07, 6.45) is 3.36. The zero-order valence-electron chi connectivity index (χ0n) is 18.6. The summed E-state index contributed by atoms with van der Waals surface area (Å²) in [6, 6.07) is 13.2. The lowest BCUT2D eigenvalue weighted by molar-refractivity contribution is -0.119. The molecule has 0 saturated carbocycles. The van der Waals surface area contributed by atoms with Crippen LogP contribution in [-0.2, 0) is 17.9 Å². The molecular weight excluding hydrogens is 495 g/mol. The molecule has 0 saturated heterocycles. The van der Waals surface area contributed by atoms with Crippen molar-refractivity contribution in [2.45, 2.75) is 13.2 Å². The number of pyridine rings is 1. The van der Waals surface area contributed by atoms with Gasteiger partial charge in [-0.2, -0.15) is 0 Å². The Morgan fingerprint density at radius 1 is 1.06 bits per heavy atom. The predicted octanol–water partition coefficient (Wildman–Crippen LogP) is 2.98. The number of ether oxygens (including phenoxy) is 2. The van der Waals surface area contributed by atoms with E-state index in [-0.39, 0.29) is 55.8 Å². The number of hydrogen-bond acceptors (Lipinski definition) is 7. The number of hydrogen-bond donors (Lipinski definition) is 5. The summed E-state index contributed by atoms with van der Waals surface area (Å²) in [4.78, 5) is 27.9. The fourth-order valence-electron chi connectivity index (χ4n) is 2.86. The SMILES string of the molecule is Cl.N.N=C(N)c1ccc(CNC(=O)c2cc(Cl)cc(OCc3cccnc3)c2)c(OCC(N)=O)c1. The van der Waals surface area contributed by atoms with E-state index in [1.807, 2.05) is 6.07 Å². The Balaban J connectivity index is 0.00000306. The minimum Gasteiger partial charge on any atom is -0.489 e. The average Bonchev–Trinajstić information content (AvgIpc) is 2.80. The van der Waals surface area contributed by atoms with Gasteiger partial charge in [-0.15, -0.1) is 12.4 Å². The van der Waals surface area contributed by atoms with Crippen molar-refractivity contribution in [2.24, 2.45) is 11.5 Å². The van der Waals surface area contributed by atoms with Crippen LogP contribution in [0.15, 0.2) is 60.9 Å². The molecule has 9 N–H and O–H groups in total. The Morgan fingerprint density at radius 2 is 1.83 bits per heavy atom. The Morgan fingerprint density at radius 3 is 2.49 bits per heavy atom. The fourth-order valence-corrected chi connectivity index (χ4v) is 3.08. The Labute approximate surface area is 213 Å². The maximum absolute atomic E-state index is 12.7. The number of rotatable bonds is 10. The molecule has 0 radical (unpaired) electrons. The monoisotopic (exact) mass is 520 g/mol. The second-order valence-electron chi connectivity index (χ2n) is 7.00. The van der Waals surface area contributed by atoms with E-state index in [0.29, 0.717) is 27.5 Å². The zero-order valence-corrected chi connectivity index (χ0v) is 20.2. The van der Waals surface area contributed by atoms with Crippen LogP contribution in [0.3, 0.4) is 0 Å². The molecule has 10 nitrogen and oxygen atoms in total. The van der Waals surface area contributed by atoms with Gasteiger partial charge in [0.2, 0.25) is 0 Å². The molecule has 3 aromatic rings. The summed E-state index contributed by atoms with van der Waals surface area (Å²) >= 11 is 6.17. The maximum atomic E-state index is 12.7. The van der Waals surface area contributed by atoms with Gasteiger partial charge in [0.1, 0.15) is 23.9 Å². The normalized spacial score (nSPS) is 9.74. The van der Waals surface area contributed by atoms with Gasteiger partial charge in [0.15, 0.2) is 6.61 Å². The first-order chi connectivity index (χ1) is 15.8. The van der Waals surface area contributed by atoms with E-state index in [9.17, 15) is 9.59 Å². The number of nitrogens with one attached hydrogen (secondary N) is 2. The van der Waals surface area contributed by atoms with Crippen LogP contribution in [-0.4, -0.2) is 29.2 Å². The molecule has 12 heteroatoms. The van der Waals surface area contributed by atoms with Crippen LogP contribution < -0.4 is 32.4 Å². The number of primary amides is 1. The van der Waals surface area contributed by atoms with Crippen molar-refractivity contribution in [3.05, 3.63) is 88.2 Å². The van der Waals surface area contributed by atoms with Crippen LogP contribution in [0.2, 0.25) is 5.02 Å². The summed E-state index contributed by atoms with van der Waals surface area (Å²) in [6.45, 7) is 0.00995. The number of halogens is 2. The minimum atomic E-state index is -0.657. The highest BCUT2D eigenvalue weighted by molar-refractivity contribution is 6.31. The lowest BCUT2D eigenvalue weighted by Gasteiger charge is -2.14. The highest BCUT2D eigenvalue weighted by Gasteiger charge is 2.13. The molecule has 35 heavy (non-hydrogen) atoms. The first-order valence-corrected chi connectivity index (χ1v) is 10.2. The average molecular weight is 521 g/mol. The van der Waals surface area contributed by atoms with Gasteiger partial charge in [-0.1, -0.05) is 29.8 Å². The topological polar surface area (TPSA) is 188 Å². The highest BCUT2D eigenvalue weighted by atomic mass is 35.5. The smallest absolute Gasteiger partial charge is 0.255 e. The summed E-state index contributed by atoms with van der Waals surface area (Å²) in [5.41, 5.74) is 12.8. The molecule has 1 heterocycles. The first kappa shape index (κ1) is 29.2. The molecule has 0 aliphatic rings.